The summed E-state index contributed by atoms with van der Waals surface area (Å²) in [4.78, 5) is 8.52. The Bertz CT molecular complexity index is 467. The number of nitrogens with one attached hydrogen (secondary N) is 1. The molecule has 0 aliphatic heterocycles. The third-order valence-electron chi connectivity index (χ3n) is 2.43. The van der Waals surface area contributed by atoms with Crippen LogP contribution in [0.5, 0.6) is 0 Å². The summed E-state index contributed by atoms with van der Waals surface area (Å²) in [5.74, 6) is 0. The molecule has 0 saturated heterocycles. The van der Waals surface area contributed by atoms with E-state index in [4.69, 9.17) is 0 Å². The second-order valence-electron chi connectivity index (χ2n) is 4.20. The van der Waals surface area contributed by atoms with Crippen molar-refractivity contribution in [3.63, 3.8) is 0 Å². The van der Waals surface area contributed by atoms with Gasteiger partial charge >= 0.3 is 5.65 Å². The van der Waals surface area contributed by atoms with Gasteiger partial charge in [-0.2, -0.15) is 0 Å². The van der Waals surface area contributed by atoms with Gasteiger partial charge in [0.05, 0.1) is 0 Å². The second-order valence-corrected chi connectivity index (χ2v) is 4.20. The number of fused-ring (bicyclic) bond motifs is 1. The molecule has 0 aromatic carbocycles. The normalized spacial score (nSPS) is 12.2. The average Bonchev–Trinajstić information content (AvgIpc) is 2.61. The maximum absolute atomic E-state index is 4.34. The van der Waals surface area contributed by atoms with Crippen molar-refractivity contribution in [3.8, 4) is 0 Å². The van der Waals surface area contributed by atoms with Gasteiger partial charge in [-0.1, -0.05) is 0 Å². The van der Waals surface area contributed by atoms with Crippen molar-refractivity contribution < 1.29 is 4.68 Å². The van der Waals surface area contributed by atoms with E-state index in [0.717, 1.165) is 11.2 Å². The van der Waals surface area contributed by atoms with Crippen LogP contribution in [0.3, 0.4) is 0 Å². The minimum atomic E-state index is 0.0694. The number of hydrogen-bond acceptors (Lipinski definition) is 4. The molecule has 2 aromatic rings. The SMILES string of the molecule is CN(C)C(N(C)C)[n+]1[nH]nc2cccnc21. The molecule has 2 aromatic heterocycles. The zero-order chi connectivity index (χ0) is 11.7. The van der Waals surface area contributed by atoms with Crippen LogP contribution >= 0.6 is 0 Å². The van der Waals surface area contributed by atoms with Crippen LogP contribution in [0.4, 0.5) is 0 Å². The maximum atomic E-state index is 4.34. The van der Waals surface area contributed by atoms with Gasteiger partial charge in [0.25, 0.3) is 0 Å². The number of aromatic amines is 1. The van der Waals surface area contributed by atoms with Crippen molar-refractivity contribution >= 4 is 11.2 Å². The maximum Gasteiger partial charge on any atom is 0.327 e. The van der Waals surface area contributed by atoms with Crippen molar-refractivity contribution in [2.75, 3.05) is 28.2 Å². The van der Waals surface area contributed by atoms with Crippen LogP contribution in [0, 0.1) is 0 Å². The number of nitrogens with zero attached hydrogens (tertiary/aromatic N) is 5. The molecule has 6 heteroatoms. The van der Waals surface area contributed by atoms with Crippen molar-refractivity contribution in [1.29, 1.82) is 0 Å². The predicted octanol–water partition coefficient (Wildman–Crippen LogP) is -0.175. The fourth-order valence-corrected chi connectivity index (χ4v) is 1.90. The third kappa shape index (κ3) is 1.77. The molecule has 1 N–H and O–H groups in total. The zero-order valence-corrected chi connectivity index (χ0v) is 10.0. The van der Waals surface area contributed by atoms with Gasteiger partial charge in [-0.3, -0.25) is 9.80 Å². The van der Waals surface area contributed by atoms with E-state index < -0.39 is 0 Å². The van der Waals surface area contributed by atoms with Gasteiger partial charge in [-0.05, 0) is 45.4 Å². The number of hydrogen-bond donors (Lipinski definition) is 1. The van der Waals surface area contributed by atoms with Crippen LogP contribution in [0.25, 0.3) is 11.2 Å². The smallest absolute Gasteiger partial charge is 0.263 e. The Hall–Kier alpha value is -1.53. The van der Waals surface area contributed by atoms with E-state index in [1.54, 1.807) is 6.20 Å². The van der Waals surface area contributed by atoms with Crippen LogP contribution in [0.15, 0.2) is 18.3 Å². The molecule has 0 spiro atoms. The largest absolute Gasteiger partial charge is 0.327 e. The van der Waals surface area contributed by atoms with Crippen LogP contribution in [-0.2, 0) is 0 Å². The molecule has 0 aliphatic rings. The molecular weight excluding hydrogens is 204 g/mol. The molecule has 86 valence electrons. The van der Waals surface area contributed by atoms with Gasteiger partial charge in [0.1, 0.15) is 6.20 Å². The summed E-state index contributed by atoms with van der Waals surface area (Å²) in [6.07, 6.45) is 1.84. The van der Waals surface area contributed by atoms with Gasteiger partial charge in [0, 0.05) is 0 Å². The molecule has 6 nitrogen and oxygen atoms in total. The highest BCUT2D eigenvalue weighted by Crippen LogP contribution is 2.07. The van der Waals surface area contributed by atoms with E-state index in [9.17, 15) is 0 Å². The lowest BCUT2D eigenvalue weighted by molar-refractivity contribution is -0.792. The second kappa shape index (κ2) is 4.15. The van der Waals surface area contributed by atoms with E-state index in [-0.39, 0.29) is 6.29 Å². The zero-order valence-electron chi connectivity index (χ0n) is 10.0. The van der Waals surface area contributed by atoms with Crippen molar-refractivity contribution in [2.45, 2.75) is 6.29 Å². The van der Waals surface area contributed by atoms with Crippen molar-refractivity contribution in [2.24, 2.45) is 0 Å². The number of H-pyrrole nitrogens is 1. The first-order valence-corrected chi connectivity index (χ1v) is 5.15. The standard InChI is InChI=1S/C10H16N6/c1-14(2)10(15(3)4)16-9-8(12-13-16)6-5-7-11-9/h5-7,10H,1-4H3/p+1. The first kappa shape index (κ1) is 11.0. The molecule has 0 aliphatic carbocycles. The van der Waals surface area contributed by atoms with Crippen LogP contribution in [0.1, 0.15) is 6.29 Å². The molecule has 16 heavy (non-hydrogen) atoms. The predicted molar refractivity (Wildman–Crippen MR) is 60.5 cm³/mol. The molecule has 2 rings (SSSR count). The number of aromatic nitrogens is 4. The van der Waals surface area contributed by atoms with Gasteiger partial charge in [-0.25, -0.2) is 0 Å². The molecule has 2 heterocycles. The highest BCUT2D eigenvalue weighted by atomic mass is 15.6. The molecule has 0 unspecified atom stereocenters. The Morgan fingerprint density at radius 3 is 2.56 bits per heavy atom. The number of rotatable bonds is 3. The van der Waals surface area contributed by atoms with E-state index in [0.29, 0.717) is 0 Å². The minimum Gasteiger partial charge on any atom is -0.263 e. The summed E-state index contributed by atoms with van der Waals surface area (Å²) in [6, 6.07) is 3.82. The first-order chi connectivity index (χ1) is 7.61. The van der Waals surface area contributed by atoms with E-state index in [1.165, 1.54) is 0 Å². The highest BCUT2D eigenvalue weighted by Gasteiger charge is 2.25. The Balaban J connectivity index is 2.53. The fraction of sp³-hybridized carbons (Fsp3) is 0.500. The van der Waals surface area contributed by atoms with Crippen LogP contribution in [0.2, 0.25) is 0 Å². The highest BCUT2D eigenvalue weighted by molar-refractivity contribution is 5.64. The lowest BCUT2D eigenvalue weighted by atomic mass is 10.4. The summed E-state index contributed by atoms with van der Waals surface area (Å²) in [6.45, 7) is 0. The summed E-state index contributed by atoms with van der Waals surface area (Å²) in [5, 5.41) is 7.22. The lowest BCUT2D eigenvalue weighted by Gasteiger charge is -2.26. The summed E-state index contributed by atoms with van der Waals surface area (Å²) < 4.78 is 1.94. The van der Waals surface area contributed by atoms with Crippen molar-refractivity contribution in [1.82, 2.24) is 25.1 Å². The Kier molecular flexibility index (Phi) is 2.84. The first-order valence-electron chi connectivity index (χ1n) is 5.15. The summed E-state index contributed by atoms with van der Waals surface area (Å²) in [7, 11) is 8.08. The lowest BCUT2D eigenvalue weighted by Crippen LogP contribution is -2.55. The quantitative estimate of drug-likeness (QED) is 0.577. The van der Waals surface area contributed by atoms with E-state index >= 15 is 0 Å². The molecular formula is C10H17N6+. The summed E-state index contributed by atoms with van der Waals surface area (Å²) in [5.41, 5.74) is 1.73. The molecule has 0 fully saturated rings. The Morgan fingerprint density at radius 1 is 1.25 bits per heavy atom. The monoisotopic (exact) mass is 221 g/mol. The molecule has 0 radical (unpaired) electrons. The Labute approximate surface area is 94.5 Å². The topological polar surface area (TPSA) is 51.9 Å². The van der Waals surface area contributed by atoms with Gasteiger partial charge in [0.2, 0.25) is 11.8 Å². The van der Waals surface area contributed by atoms with Crippen molar-refractivity contribution in [3.05, 3.63) is 18.3 Å². The van der Waals surface area contributed by atoms with Gasteiger partial charge in [-0.15, -0.1) is 14.9 Å². The van der Waals surface area contributed by atoms with E-state index in [1.807, 2.05) is 45.0 Å². The van der Waals surface area contributed by atoms with E-state index in [2.05, 4.69) is 25.1 Å². The molecule has 0 amide bonds. The average molecular weight is 221 g/mol. The summed E-state index contributed by atoms with van der Waals surface area (Å²) >= 11 is 0. The third-order valence-corrected chi connectivity index (χ3v) is 2.43. The van der Waals surface area contributed by atoms with Crippen LogP contribution < -0.4 is 4.68 Å². The Morgan fingerprint density at radius 2 is 1.94 bits per heavy atom. The van der Waals surface area contributed by atoms with Gasteiger partial charge < -0.3 is 0 Å². The van der Waals surface area contributed by atoms with Gasteiger partial charge in [0.15, 0.2) is 0 Å². The molecule has 0 atom stereocenters. The number of pyridine rings is 1. The molecule has 0 bridgehead atoms. The minimum absolute atomic E-state index is 0.0694. The molecule has 0 saturated carbocycles. The van der Waals surface area contributed by atoms with Crippen LogP contribution in [-0.4, -0.2) is 53.3 Å². The fourth-order valence-electron chi connectivity index (χ4n) is 1.90.